The molecule has 1 heterocycles. The van der Waals surface area contributed by atoms with Crippen molar-refractivity contribution in [1.29, 1.82) is 0 Å². The largest absolute Gasteiger partial charge is 0.493 e. The molecule has 1 N–H and O–H groups in total. The first kappa shape index (κ1) is 17.6. The van der Waals surface area contributed by atoms with Gasteiger partial charge in [0.15, 0.2) is 18.1 Å². The van der Waals surface area contributed by atoms with Gasteiger partial charge in [-0.3, -0.25) is 4.79 Å². The minimum absolute atomic E-state index is 0.0482. The van der Waals surface area contributed by atoms with Crippen molar-refractivity contribution in [3.63, 3.8) is 0 Å². The maximum atomic E-state index is 12.0. The summed E-state index contributed by atoms with van der Waals surface area (Å²) in [6.07, 6.45) is 3.27. The lowest BCUT2D eigenvalue weighted by Gasteiger charge is -2.17. The van der Waals surface area contributed by atoms with Gasteiger partial charge >= 0.3 is 0 Å². The molecule has 5 nitrogen and oxygen atoms in total. The zero-order chi connectivity index (χ0) is 16.7. The molecule has 1 fully saturated rings. The van der Waals surface area contributed by atoms with Crippen LogP contribution in [0.5, 0.6) is 11.5 Å². The molecule has 1 unspecified atom stereocenters. The molecule has 1 amide bonds. The normalized spacial score (nSPS) is 15.5. The third kappa shape index (κ3) is 5.13. The van der Waals surface area contributed by atoms with Crippen LogP contribution in [0.15, 0.2) is 18.2 Å². The van der Waals surface area contributed by atoms with E-state index in [4.69, 9.17) is 9.47 Å². The molecule has 1 aromatic carbocycles. The van der Waals surface area contributed by atoms with E-state index in [1.165, 1.54) is 0 Å². The lowest BCUT2D eigenvalue weighted by Crippen LogP contribution is -2.32. The van der Waals surface area contributed by atoms with E-state index in [0.717, 1.165) is 44.5 Å². The highest BCUT2D eigenvalue weighted by atomic mass is 16.5. The summed E-state index contributed by atoms with van der Waals surface area (Å²) in [4.78, 5) is 13.9. The van der Waals surface area contributed by atoms with E-state index < -0.39 is 0 Å². The van der Waals surface area contributed by atoms with Crippen LogP contribution < -0.4 is 14.8 Å². The average Bonchev–Trinajstić information content (AvgIpc) is 3.12. The SMILES string of the molecule is CCC(C)NCc1ccc(OCC(=O)N2CCCC2)c(OC)c1. The van der Waals surface area contributed by atoms with E-state index >= 15 is 0 Å². The van der Waals surface area contributed by atoms with Crippen LogP contribution in [0.1, 0.15) is 38.7 Å². The van der Waals surface area contributed by atoms with Crippen LogP contribution in [0.3, 0.4) is 0 Å². The van der Waals surface area contributed by atoms with Crippen molar-refractivity contribution in [2.75, 3.05) is 26.8 Å². The van der Waals surface area contributed by atoms with Gasteiger partial charge in [0.25, 0.3) is 5.91 Å². The second-order valence-corrected chi connectivity index (χ2v) is 6.05. The van der Waals surface area contributed by atoms with Crippen molar-refractivity contribution in [2.45, 2.75) is 45.7 Å². The number of carbonyl (C=O) groups is 1. The maximum Gasteiger partial charge on any atom is 0.260 e. The molecule has 0 saturated carbocycles. The maximum absolute atomic E-state index is 12.0. The van der Waals surface area contributed by atoms with Gasteiger partial charge in [0.1, 0.15) is 0 Å². The fourth-order valence-electron chi connectivity index (χ4n) is 2.57. The van der Waals surface area contributed by atoms with Gasteiger partial charge in [0, 0.05) is 25.7 Å². The molecule has 0 bridgehead atoms. The van der Waals surface area contributed by atoms with Crippen LogP contribution in [0.4, 0.5) is 0 Å². The molecule has 0 radical (unpaired) electrons. The van der Waals surface area contributed by atoms with Crippen LogP contribution in [-0.4, -0.2) is 43.7 Å². The first-order valence-electron chi connectivity index (χ1n) is 8.45. The summed E-state index contributed by atoms with van der Waals surface area (Å²) in [7, 11) is 1.62. The molecule has 1 aromatic rings. The first-order chi connectivity index (χ1) is 11.1. The molecule has 0 aliphatic carbocycles. The summed E-state index contributed by atoms with van der Waals surface area (Å²) in [5.41, 5.74) is 1.14. The Morgan fingerprint density at radius 1 is 1.30 bits per heavy atom. The number of carbonyl (C=O) groups excluding carboxylic acids is 1. The highest BCUT2D eigenvalue weighted by Gasteiger charge is 2.18. The van der Waals surface area contributed by atoms with Crippen molar-refractivity contribution in [3.05, 3.63) is 23.8 Å². The summed E-state index contributed by atoms with van der Waals surface area (Å²) in [5.74, 6) is 1.34. The summed E-state index contributed by atoms with van der Waals surface area (Å²) in [6, 6.07) is 6.33. The minimum atomic E-state index is 0.0482. The molecule has 1 saturated heterocycles. The van der Waals surface area contributed by atoms with Crippen molar-refractivity contribution < 1.29 is 14.3 Å². The number of ether oxygens (including phenoxy) is 2. The first-order valence-corrected chi connectivity index (χ1v) is 8.45. The number of rotatable bonds is 8. The van der Waals surface area contributed by atoms with E-state index in [-0.39, 0.29) is 12.5 Å². The summed E-state index contributed by atoms with van der Waals surface area (Å²) in [6.45, 7) is 6.88. The quantitative estimate of drug-likeness (QED) is 0.800. The number of benzene rings is 1. The Morgan fingerprint density at radius 3 is 2.70 bits per heavy atom. The molecule has 1 aliphatic rings. The Balaban J connectivity index is 1.91. The molecule has 2 rings (SSSR count). The lowest BCUT2D eigenvalue weighted by atomic mass is 10.1. The Bertz CT molecular complexity index is 513. The van der Waals surface area contributed by atoms with Gasteiger partial charge in [-0.15, -0.1) is 0 Å². The molecule has 1 aliphatic heterocycles. The molecule has 5 heteroatoms. The van der Waals surface area contributed by atoms with E-state index in [1.54, 1.807) is 7.11 Å². The average molecular weight is 320 g/mol. The van der Waals surface area contributed by atoms with E-state index in [9.17, 15) is 4.79 Å². The predicted molar refractivity (Wildman–Crippen MR) is 90.9 cm³/mol. The standard InChI is InChI=1S/C18H28N2O3/c1-4-14(2)19-12-15-7-8-16(17(11-15)22-3)23-13-18(21)20-9-5-6-10-20/h7-8,11,14,19H,4-6,9-10,12-13H2,1-3H3. The van der Waals surface area contributed by atoms with Crippen molar-refractivity contribution in [2.24, 2.45) is 0 Å². The van der Waals surface area contributed by atoms with E-state index in [0.29, 0.717) is 17.5 Å². The monoisotopic (exact) mass is 320 g/mol. The number of amides is 1. The molecular weight excluding hydrogens is 292 g/mol. The van der Waals surface area contributed by atoms with Crippen molar-refractivity contribution in [3.8, 4) is 11.5 Å². The van der Waals surface area contributed by atoms with Crippen molar-refractivity contribution >= 4 is 5.91 Å². The molecule has 0 spiro atoms. The number of methoxy groups -OCH3 is 1. The molecular formula is C18H28N2O3. The zero-order valence-corrected chi connectivity index (χ0v) is 14.4. The number of nitrogens with one attached hydrogen (secondary N) is 1. The van der Waals surface area contributed by atoms with Crippen LogP contribution in [0.2, 0.25) is 0 Å². The Morgan fingerprint density at radius 2 is 2.04 bits per heavy atom. The highest BCUT2D eigenvalue weighted by Crippen LogP contribution is 2.28. The van der Waals surface area contributed by atoms with E-state index in [2.05, 4.69) is 19.2 Å². The number of hydrogen-bond acceptors (Lipinski definition) is 4. The Labute approximate surface area is 139 Å². The van der Waals surface area contributed by atoms with Gasteiger partial charge < -0.3 is 19.7 Å². The van der Waals surface area contributed by atoms with Gasteiger partial charge in [0.2, 0.25) is 0 Å². The zero-order valence-electron chi connectivity index (χ0n) is 14.4. The topological polar surface area (TPSA) is 50.8 Å². The second-order valence-electron chi connectivity index (χ2n) is 6.05. The molecule has 0 aromatic heterocycles. The van der Waals surface area contributed by atoms with E-state index in [1.807, 2.05) is 23.1 Å². The molecule has 23 heavy (non-hydrogen) atoms. The van der Waals surface area contributed by atoms with Gasteiger partial charge in [-0.25, -0.2) is 0 Å². The predicted octanol–water partition coefficient (Wildman–Crippen LogP) is 2.58. The number of likely N-dealkylation sites (tertiary alicyclic amines) is 1. The van der Waals surface area contributed by atoms with Crippen LogP contribution >= 0.6 is 0 Å². The van der Waals surface area contributed by atoms with Gasteiger partial charge in [-0.05, 0) is 43.9 Å². The van der Waals surface area contributed by atoms with Crippen LogP contribution in [0.25, 0.3) is 0 Å². The second kappa shape index (κ2) is 8.77. The third-order valence-electron chi connectivity index (χ3n) is 4.30. The highest BCUT2D eigenvalue weighted by molar-refractivity contribution is 5.78. The Kier molecular flexibility index (Phi) is 6.71. The summed E-state index contributed by atoms with van der Waals surface area (Å²) in [5, 5.41) is 3.45. The lowest BCUT2D eigenvalue weighted by molar-refractivity contribution is -0.132. The van der Waals surface area contributed by atoms with Crippen molar-refractivity contribution in [1.82, 2.24) is 10.2 Å². The van der Waals surface area contributed by atoms with Gasteiger partial charge in [0.05, 0.1) is 7.11 Å². The Hall–Kier alpha value is -1.75. The van der Waals surface area contributed by atoms with Gasteiger partial charge in [-0.2, -0.15) is 0 Å². The smallest absolute Gasteiger partial charge is 0.260 e. The van der Waals surface area contributed by atoms with Gasteiger partial charge in [-0.1, -0.05) is 13.0 Å². The summed E-state index contributed by atoms with van der Waals surface area (Å²) < 4.78 is 11.1. The number of nitrogens with zero attached hydrogens (tertiary/aromatic N) is 1. The molecule has 1 atom stereocenters. The van der Waals surface area contributed by atoms with Crippen LogP contribution in [0, 0.1) is 0 Å². The minimum Gasteiger partial charge on any atom is -0.493 e. The fraction of sp³-hybridized carbons (Fsp3) is 0.611. The number of hydrogen-bond donors (Lipinski definition) is 1. The third-order valence-corrected chi connectivity index (χ3v) is 4.30. The molecule has 128 valence electrons. The summed E-state index contributed by atoms with van der Waals surface area (Å²) >= 11 is 0. The van der Waals surface area contributed by atoms with Crippen LogP contribution in [-0.2, 0) is 11.3 Å². The fourth-order valence-corrected chi connectivity index (χ4v) is 2.57.